The number of halogens is 2. The number of hydrogen-bond acceptors (Lipinski definition) is 4. The van der Waals surface area contributed by atoms with Gasteiger partial charge >= 0.3 is 0 Å². The van der Waals surface area contributed by atoms with Crippen molar-refractivity contribution >= 4 is 33.2 Å². The lowest BCUT2D eigenvalue weighted by molar-refractivity contribution is 0.436. The summed E-state index contributed by atoms with van der Waals surface area (Å²) in [6.07, 6.45) is 0. The summed E-state index contributed by atoms with van der Waals surface area (Å²) in [6, 6.07) is 4.71. The first-order chi connectivity index (χ1) is 10.7. The lowest BCUT2D eigenvalue weighted by Gasteiger charge is -2.14. The van der Waals surface area contributed by atoms with E-state index in [1.807, 2.05) is 31.5 Å². The van der Waals surface area contributed by atoms with Gasteiger partial charge in [0.05, 0.1) is 5.69 Å². The number of nitrogens with one attached hydrogen (secondary N) is 1. The van der Waals surface area contributed by atoms with Gasteiger partial charge in [-0.2, -0.15) is 5.10 Å². The van der Waals surface area contributed by atoms with Crippen molar-refractivity contribution in [2.75, 3.05) is 6.54 Å². The maximum Gasteiger partial charge on any atom is 0.243 e. The maximum absolute atomic E-state index is 12.3. The second kappa shape index (κ2) is 7.17. The van der Waals surface area contributed by atoms with Crippen molar-refractivity contribution in [1.82, 2.24) is 19.5 Å². The molecule has 0 aliphatic heterocycles. The van der Waals surface area contributed by atoms with E-state index in [0.29, 0.717) is 6.54 Å². The van der Waals surface area contributed by atoms with Crippen LogP contribution in [-0.4, -0.2) is 29.7 Å². The lowest BCUT2D eigenvalue weighted by Crippen LogP contribution is -2.30. The van der Waals surface area contributed by atoms with Gasteiger partial charge < -0.3 is 0 Å². The monoisotopic (exact) mass is 376 g/mol. The van der Waals surface area contributed by atoms with E-state index in [1.54, 1.807) is 0 Å². The van der Waals surface area contributed by atoms with E-state index in [1.165, 1.54) is 12.1 Å². The van der Waals surface area contributed by atoms with Gasteiger partial charge in [-0.15, -0.1) is 0 Å². The summed E-state index contributed by atoms with van der Waals surface area (Å²) in [5.41, 5.74) is 1.98. The number of aromatic nitrogens is 3. The molecule has 2 aromatic rings. The van der Waals surface area contributed by atoms with Gasteiger partial charge in [-0.25, -0.2) is 18.1 Å². The van der Waals surface area contributed by atoms with Crippen LogP contribution in [0.4, 0.5) is 0 Å². The van der Waals surface area contributed by atoms with E-state index in [2.05, 4.69) is 14.8 Å². The van der Waals surface area contributed by atoms with Crippen LogP contribution in [0.2, 0.25) is 10.3 Å². The van der Waals surface area contributed by atoms with Crippen LogP contribution in [0.25, 0.3) is 0 Å². The maximum atomic E-state index is 12.3. The third-order valence-electron chi connectivity index (χ3n) is 3.28. The summed E-state index contributed by atoms with van der Waals surface area (Å²) < 4.78 is 29.0. The van der Waals surface area contributed by atoms with Gasteiger partial charge in [-0.05, 0) is 38.0 Å². The third-order valence-corrected chi connectivity index (χ3v) is 5.35. The lowest BCUT2D eigenvalue weighted by atomic mass is 10.2. The number of hydrogen-bond donors (Lipinski definition) is 1. The Balaban J connectivity index is 2.02. The minimum absolute atomic E-state index is 0.0572. The molecule has 0 spiro atoms. The number of pyridine rings is 1. The SMILES string of the molecule is Cc1cc(C)n(C[C@@H](C)CNS(=O)(=O)c2ccc(Cl)nc2Cl)n1. The fourth-order valence-corrected chi connectivity index (χ4v) is 3.97. The second-order valence-corrected chi connectivity index (χ2v) is 7.97. The standard InChI is InChI=1S/C14H18Cl2N4O2S/c1-9(8-20-11(3)6-10(2)19-20)7-17-23(21,22)12-4-5-13(15)18-14(12)16/h4-6,9,17H,7-8H2,1-3H3/t9-/m0/s1. The Hall–Kier alpha value is -1.15. The van der Waals surface area contributed by atoms with Crippen molar-refractivity contribution in [1.29, 1.82) is 0 Å². The molecule has 2 rings (SSSR count). The van der Waals surface area contributed by atoms with E-state index in [-0.39, 0.29) is 27.7 Å². The molecule has 0 unspecified atom stereocenters. The van der Waals surface area contributed by atoms with Gasteiger partial charge in [0.15, 0.2) is 5.15 Å². The molecule has 23 heavy (non-hydrogen) atoms. The zero-order valence-electron chi connectivity index (χ0n) is 13.0. The summed E-state index contributed by atoms with van der Waals surface area (Å²) >= 11 is 11.5. The topological polar surface area (TPSA) is 76.9 Å². The molecule has 0 fully saturated rings. The molecule has 126 valence electrons. The Bertz CT molecular complexity index is 805. The van der Waals surface area contributed by atoms with Crippen LogP contribution in [0.15, 0.2) is 23.1 Å². The van der Waals surface area contributed by atoms with Crippen LogP contribution < -0.4 is 4.72 Å². The average molecular weight is 377 g/mol. The van der Waals surface area contributed by atoms with E-state index in [4.69, 9.17) is 23.2 Å². The summed E-state index contributed by atoms with van der Waals surface area (Å²) in [5.74, 6) is 0.0572. The Labute approximate surface area is 145 Å². The predicted molar refractivity (Wildman–Crippen MR) is 90.3 cm³/mol. The van der Waals surface area contributed by atoms with Crippen LogP contribution in [0.1, 0.15) is 18.3 Å². The molecule has 1 N–H and O–H groups in total. The highest BCUT2D eigenvalue weighted by atomic mass is 35.5. The molecular weight excluding hydrogens is 359 g/mol. The Morgan fingerprint density at radius 3 is 2.57 bits per heavy atom. The van der Waals surface area contributed by atoms with Gasteiger partial charge in [0.1, 0.15) is 10.0 Å². The van der Waals surface area contributed by atoms with Gasteiger partial charge in [0.25, 0.3) is 0 Å². The van der Waals surface area contributed by atoms with Crippen LogP contribution in [0.3, 0.4) is 0 Å². The summed E-state index contributed by atoms with van der Waals surface area (Å²) in [5, 5.41) is 4.37. The van der Waals surface area contributed by atoms with Crippen molar-refractivity contribution in [2.24, 2.45) is 5.92 Å². The van der Waals surface area contributed by atoms with Crippen molar-refractivity contribution in [3.05, 3.63) is 39.9 Å². The molecule has 6 nitrogen and oxygen atoms in total. The summed E-state index contributed by atoms with van der Waals surface area (Å²) in [7, 11) is -3.73. The minimum atomic E-state index is -3.73. The zero-order valence-corrected chi connectivity index (χ0v) is 15.4. The van der Waals surface area contributed by atoms with E-state index < -0.39 is 10.0 Å². The molecule has 0 aliphatic carbocycles. The molecule has 9 heteroatoms. The molecular formula is C14H18Cl2N4O2S. The Kier molecular flexibility index (Phi) is 5.67. The van der Waals surface area contributed by atoms with Crippen molar-refractivity contribution in [3.63, 3.8) is 0 Å². The number of sulfonamides is 1. The second-order valence-electron chi connectivity index (χ2n) is 5.49. The Morgan fingerprint density at radius 1 is 1.30 bits per heavy atom. The first kappa shape index (κ1) is 18.2. The van der Waals surface area contributed by atoms with E-state index in [9.17, 15) is 8.42 Å². The van der Waals surface area contributed by atoms with Crippen molar-refractivity contribution in [2.45, 2.75) is 32.2 Å². The molecule has 0 amide bonds. The smallest absolute Gasteiger partial charge is 0.243 e. The van der Waals surface area contributed by atoms with Gasteiger partial charge in [0.2, 0.25) is 10.0 Å². The molecule has 0 aliphatic rings. The Morgan fingerprint density at radius 2 is 2.00 bits per heavy atom. The highest BCUT2D eigenvalue weighted by Gasteiger charge is 2.20. The van der Waals surface area contributed by atoms with Crippen LogP contribution in [0.5, 0.6) is 0 Å². The molecule has 0 aromatic carbocycles. The predicted octanol–water partition coefficient (Wildman–Crippen LogP) is 2.82. The fraction of sp³-hybridized carbons (Fsp3) is 0.429. The van der Waals surface area contributed by atoms with Crippen molar-refractivity contribution < 1.29 is 8.42 Å². The third kappa shape index (κ3) is 4.67. The van der Waals surface area contributed by atoms with E-state index in [0.717, 1.165) is 11.4 Å². The van der Waals surface area contributed by atoms with Crippen LogP contribution in [-0.2, 0) is 16.6 Å². The van der Waals surface area contributed by atoms with Crippen LogP contribution in [0, 0.1) is 19.8 Å². The van der Waals surface area contributed by atoms with E-state index >= 15 is 0 Å². The minimum Gasteiger partial charge on any atom is -0.269 e. The van der Waals surface area contributed by atoms with Crippen molar-refractivity contribution in [3.8, 4) is 0 Å². The molecule has 2 heterocycles. The normalized spacial score (nSPS) is 13.3. The highest BCUT2D eigenvalue weighted by molar-refractivity contribution is 7.89. The first-order valence-corrected chi connectivity index (χ1v) is 9.25. The van der Waals surface area contributed by atoms with Gasteiger partial charge in [0, 0.05) is 18.8 Å². The molecule has 0 radical (unpaired) electrons. The number of nitrogens with zero attached hydrogens (tertiary/aromatic N) is 3. The summed E-state index contributed by atoms with van der Waals surface area (Å²) in [4.78, 5) is 3.67. The van der Waals surface area contributed by atoms with Gasteiger partial charge in [-0.1, -0.05) is 30.1 Å². The zero-order chi connectivity index (χ0) is 17.2. The highest BCUT2D eigenvalue weighted by Crippen LogP contribution is 2.21. The van der Waals surface area contributed by atoms with Crippen LogP contribution >= 0.6 is 23.2 Å². The number of aryl methyl sites for hydroxylation is 2. The largest absolute Gasteiger partial charge is 0.269 e. The first-order valence-electron chi connectivity index (χ1n) is 7.02. The number of rotatable bonds is 6. The average Bonchev–Trinajstić information content (AvgIpc) is 2.74. The molecule has 0 bridgehead atoms. The molecule has 2 aromatic heterocycles. The molecule has 1 atom stereocenters. The molecule has 0 saturated heterocycles. The van der Waals surface area contributed by atoms with Gasteiger partial charge in [-0.3, -0.25) is 4.68 Å². The fourth-order valence-electron chi connectivity index (χ4n) is 2.15. The molecule has 0 saturated carbocycles. The quantitative estimate of drug-likeness (QED) is 0.786. The summed E-state index contributed by atoms with van der Waals surface area (Å²) in [6.45, 7) is 6.72.